The predicted molar refractivity (Wildman–Crippen MR) is 99.0 cm³/mol. The molecular formula is C20H15NO2S. The summed E-state index contributed by atoms with van der Waals surface area (Å²) >= 11 is 1.66. The summed E-state index contributed by atoms with van der Waals surface area (Å²) in [6.45, 7) is 2.04. The fraction of sp³-hybridized carbons (Fsp3) is 0.100. The SMILES string of the molecule is CCc1ccc(O)c2c(C=O)cc(-c3csc4ccccc34)nc12. The maximum atomic E-state index is 11.6. The van der Waals surface area contributed by atoms with E-state index < -0.39 is 0 Å². The van der Waals surface area contributed by atoms with Gasteiger partial charge in [-0.1, -0.05) is 31.2 Å². The molecule has 2 aromatic carbocycles. The molecule has 118 valence electrons. The normalized spacial score (nSPS) is 11.2. The molecule has 0 atom stereocenters. The van der Waals surface area contributed by atoms with Crippen molar-refractivity contribution in [1.29, 1.82) is 0 Å². The fourth-order valence-corrected chi connectivity index (χ4v) is 4.06. The van der Waals surface area contributed by atoms with E-state index in [4.69, 9.17) is 4.98 Å². The number of aromatic hydroxyl groups is 1. The molecule has 0 saturated heterocycles. The van der Waals surface area contributed by atoms with Crippen LogP contribution in [0.3, 0.4) is 0 Å². The molecule has 0 saturated carbocycles. The number of phenolic OH excluding ortho intramolecular Hbond substituents is 1. The lowest BCUT2D eigenvalue weighted by Crippen LogP contribution is -1.95. The predicted octanol–water partition coefficient (Wildman–Crippen LogP) is 5.20. The molecule has 0 aliphatic carbocycles. The number of aldehydes is 1. The Morgan fingerprint density at radius 1 is 1.21 bits per heavy atom. The Balaban J connectivity index is 2.09. The number of carbonyl (C=O) groups is 1. The van der Waals surface area contributed by atoms with Gasteiger partial charge in [-0.15, -0.1) is 11.3 Å². The molecule has 0 aliphatic heterocycles. The lowest BCUT2D eigenvalue weighted by molar-refractivity contribution is 0.112. The van der Waals surface area contributed by atoms with Crippen LogP contribution in [0.5, 0.6) is 5.75 Å². The van der Waals surface area contributed by atoms with Crippen molar-refractivity contribution in [2.24, 2.45) is 0 Å². The minimum absolute atomic E-state index is 0.0959. The highest BCUT2D eigenvalue weighted by molar-refractivity contribution is 7.17. The zero-order valence-electron chi connectivity index (χ0n) is 13.1. The highest BCUT2D eigenvalue weighted by Gasteiger charge is 2.15. The first-order chi connectivity index (χ1) is 11.7. The number of benzene rings is 2. The maximum absolute atomic E-state index is 11.6. The highest BCUT2D eigenvalue weighted by atomic mass is 32.1. The van der Waals surface area contributed by atoms with Crippen molar-refractivity contribution in [2.75, 3.05) is 0 Å². The number of phenols is 1. The van der Waals surface area contributed by atoms with Crippen molar-refractivity contribution in [2.45, 2.75) is 13.3 Å². The van der Waals surface area contributed by atoms with E-state index in [2.05, 4.69) is 17.5 Å². The zero-order valence-corrected chi connectivity index (χ0v) is 13.9. The average molecular weight is 333 g/mol. The van der Waals surface area contributed by atoms with Crippen LogP contribution < -0.4 is 0 Å². The van der Waals surface area contributed by atoms with Crippen molar-refractivity contribution in [3.63, 3.8) is 0 Å². The largest absolute Gasteiger partial charge is 0.507 e. The lowest BCUT2D eigenvalue weighted by atomic mass is 10.00. The molecule has 4 heteroatoms. The second-order valence-electron chi connectivity index (χ2n) is 5.68. The topological polar surface area (TPSA) is 50.2 Å². The van der Waals surface area contributed by atoms with E-state index in [1.807, 2.05) is 25.1 Å². The minimum atomic E-state index is 0.0959. The van der Waals surface area contributed by atoms with Gasteiger partial charge in [0, 0.05) is 26.6 Å². The van der Waals surface area contributed by atoms with Crippen LogP contribution >= 0.6 is 11.3 Å². The van der Waals surface area contributed by atoms with Gasteiger partial charge in [0.05, 0.1) is 16.6 Å². The molecule has 2 heterocycles. The number of hydrogen-bond acceptors (Lipinski definition) is 4. The maximum Gasteiger partial charge on any atom is 0.150 e. The van der Waals surface area contributed by atoms with Crippen LogP contribution in [0.2, 0.25) is 0 Å². The summed E-state index contributed by atoms with van der Waals surface area (Å²) in [5.41, 5.74) is 3.98. The van der Waals surface area contributed by atoms with Crippen molar-refractivity contribution in [3.05, 3.63) is 59.0 Å². The van der Waals surface area contributed by atoms with Gasteiger partial charge >= 0.3 is 0 Å². The molecule has 3 nitrogen and oxygen atoms in total. The van der Waals surface area contributed by atoms with E-state index in [1.165, 1.54) is 4.70 Å². The molecule has 4 rings (SSSR count). The molecule has 1 N–H and O–H groups in total. The van der Waals surface area contributed by atoms with Crippen LogP contribution in [0.25, 0.3) is 32.2 Å². The smallest absolute Gasteiger partial charge is 0.150 e. The lowest BCUT2D eigenvalue weighted by Gasteiger charge is -2.10. The fourth-order valence-electron chi connectivity index (χ4n) is 3.10. The third-order valence-electron chi connectivity index (χ3n) is 4.32. The van der Waals surface area contributed by atoms with Crippen LogP contribution in [0.15, 0.2) is 47.8 Å². The van der Waals surface area contributed by atoms with E-state index in [9.17, 15) is 9.90 Å². The monoisotopic (exact) mass is 333 g/mol. The molecule has 0 amide bonds. The third kappa shape index (κ3) is 2.19. The van der Waals surface area contributed by atoms with Gasteiger partial charge in [-0.3, -0.25) is 4.79 Å². The number of hydrogen-bond donors (Lipinski definition) is 1. The zero-order chi connectivity index (χ0) is 16.7. The van der Waals surface area contributed by atoms with E-state index in [-0.39, 0.29) is 5.75 Å². The third-order valence-corrected chi connectivity index (χ3v) is 5.28. The van der Waals surface area contributed by atoms with Gasteiger partial charge in [0.1, 0.15) is 5.75 Å². The molecule has 0 bridgehead atoms. The number of carbonyl (C=O) groups excluding carboxylic acids is 1. The summed E-state index contributed by atoms with van der Waals surface area (Å²) in [5.74, 6) is 0.0959. The minimum Gasteiger partial charge on any atom is -0.507 e. The first kappa shape index (κ1) is 14.8. The van der Waals surface area contributed by atoms with Crippen LogP contribution in [-0.2, 0) is 6.42 Å². The van der Waals surface area contributed by atoms with Crippen LogP contribution in [-0.4, -0.2) is 16.4 Å². The summed E-state index contributed by atoms with van der Waals surface area (Å²) in [7, 11) is 0. The van der Waals surface area contributed by atoms with E-state index in [0.29, 0.717) is 16.5 Å². The van der Waals surface area contributed by atoms with Gasteiger partial charge in [0.25, 0.3) is 0 Å². The number of rotatable bonds is 3. The van der Waals surface area contributed by atoms with E-state index in [1.54, 1.807) is 23.5 Å². The van der Waals surface area contributed by atoms with Crippen molar-refractivity contribution < 1.29 is 9.90 Å². The Hall–Kier alpha value is -2.72. The number of fused-ring (bicyclic) bond motifs is 2. The highest BCUT2D eigenvalue weighted by Crippen LogP contribution is 2.36. The summed E-state index contributed by atoms with van der Waals surface area (Å²) in [4.78, 5) is 16.4. The molecule has 0 aliphatic rings. The summed E-state index contributed by atoms with van der Waals surface area (Å²) in [6.07, 6.45) is 1.58. The first-order valence-electron chi connectivity index (χ1n) is 7.80. The van der Waals surface area contributed by atoms with Gasteiger partial charge in [0.15, 0.2) is 6.29 Å². The molecule has 0 fully saturated rings. The number of nitrogens with zero attached hydrogens (tertiary/aromatic N) is 1. The van der Waals surface area contributed by atoms with Crippen LogP contribution in [0.1, 0.15) is 22.8 Å². The Kier molecular flexibility index (Phi) is 3.54. The Morgan fingerprint density at radius 2 is 2.04 bits per heavy atom. The van der Waals surface area contributed by atoms with Gasteiger partial charge in [-0.25, -0.2) is 4.98 Å². The van der Waals surface area contributed by atoms with Gasteiger partial charge in [-0.2, -0.15) is 0 Å². The quantitative estimate of drug-likeness (QED) is 0.524. The number of pyridine rings is 1. The molecule has 24 heavy (non-hydrogen) atoms. The standard InChI is InChI=1S/C20H15NO2S/c1-2-12-7-8-17(23)19-13(10-22)9-16(21-20(12)19)15-11-24-18-6-4-3-5-14(15)18/h3-11,23H,2H2,1H3. The Bertz CT molecular complexity index is 1080. The number of thiophene rings is 1. The van der Waals surface area contributed by atoms with Crippen LogP contribution in [0, 0.1) is 0 Å². The second kappa shape index (κ2) is 5.73. The van der Waals surface area contributed by atoms with Gasteiger partial charge < -0.3 is 5.11 Å². The summed E-state index contributed by atoms with van der Waals surface area (Å²) < 4.78 is 1.19. The summed E-state index contributed by atoms with van der Waals surface area (Å²) in [5, 5.41) is 13.9. The summed E-state index contributed by atoms with van der Waals surface area (Å²) in [6, 6.07) is 13.4. The molecule has 0 spiro atoms. The van der Waals surface area contributed by atoms with Crippen molar-refractivity contribution in [3.8, 4) is 17.0 Å². The second-order valence-corrected chi connectivity index (χ2v) is 6.59. The van der Waals surface area contributed by atoms with E-state index >= 15 is 0 Å². The molecular weight excluding hydrogens is 318 g/mol. The van der Waals surface area contributed by atoms with Gasteiger partial charge in [-0.05, 0) is 30.2 Å². The molecule has 0 unspecified atom stereocenters. The Labute approximate surface area is 143 Å². The first-order valence-corrected chi connectivity index (χ1v) is 8.68. The van der Waals surface area contributed by atoms with Crippen LogP contribution in [0.4, 0.5) is 0 Å². The number of aromatic nitrogens is 1. The molecule has 4 aromatic rings. The molecule has 2 aromatic heterocycles. The van der Waals surface area contributed by atoms with E-state index in [0.717, 1.165) is 34.9 Å². The average Bonchev–Trinajstić information content (AvgIpc) is 3.05. The van der Waals surface area contributed by atoms with Gasteiger partial charge in [0.2, 0.25) is 0 Å². The van der Waals surface area contributed by atoms with Crippen molar-refractivity contribution >= 4 is 38.6 Å². The van der Waals surface area contributed by atoms with Crippen molar-refractivity contribution in [1.82, 2.24) is 4.98 Å². The number of aryl methyl sites for hydroxylation is 1. The Morgan fingerprint density at radius 3 is 2.83 bits per heavy atom. The molecule has 0 radical (unpaired) electrons.